The number of aliphatic hydroxyl groups excluding tert-OH is 1. The lowest BCUT2D eigenvalue weighted by Gasteiger charge is -2.03. The van der Waals surface area contributed by atoms with E-state index in [1.54, 1.807) is 0 Å². The normalized spacial score (nSPS) is 10.6. The predicted molar refractivity (Wildman–Crippen MR) is 75.1 cm³/mol. The smallest absolute Gasteiger partial charge is 0.151 e. The van der Waals surface area contributed by atoms with Crippen LogP contribution in [0.4, 0.5) is 0 Å². The fraction of sp³-hybridized carbons (Fsp3) is 0.533. The van der Waals surface area contributed by atoms with Gasteiger partial charge in [0.05, 0.1) is 5.88 Å². The number of rotatable bonds is 9. The van der Waals surface area contributed by atoms with E-state index in [1.807, 2.05) is 12.1 Å². The molecule has 0 spiro atoms. The van der Waals surface area contributed by atoms with E-state index in [-0.39, 0.29) is 11.7 Å². The molecule has 0 aliphatic rings. The van der Waals surface area contributed by atoms with Crippen LogP contribution in [0.25, 0.3) is 0 Å². The molecule has 0 aromatic heterocycles. The van der Waals surface area contributed by atoms with E-state index in [2.05, 4.69) is 12.1 Å². The highest BCUT2D eigenvalue weighted by molar-refractivity contribution is 6.27. The van der Waals surface area contributed by atoms with Gasteiger partial charge in [0, 0.05) is 13.0 Å². The van der Waals surface area contributed by atoms with Crippen molar-refractivity contribution in [3.8, 4) is 0 Å². The van der Waals surface area contributed by atoms with Crippen molar-refractivity contribution in [1.29, 1.82) is 0 Å². The van der Waals surface area contributed by atoms with Gasteiger partial charge < -0.3 is 5.11 Å². The molecule has 0 aliphatic heterocycles. The van der Waals surface area contributed by atoms with Gasteiger partial charge in [-0.3, -0.25) is 4.79 Å². The van der Waals surface area contributed by atoms with Gasteiger partial charge in [0.1, 0.15) is 0 Å². The first-order chi connectivity index (χ1) is 8.76. The molecule has 18 heavy (non-hydrogen) atoms. The Morgan fingerprint density at radius 1 is 1.00 bits per heavy atom. The van der Waals surface area contributed by atoms with Gasteiger partial charge in [0.25, 0.3) is 0 Å². The fourth-order valence-corrected chi connectivity index (χ4v) is 1.99. The lowest BCUT2D eigenvalue weighted by molar-refractivity contribution is -0.116. The summed E-state index contributed by atoms with van der Waals surface area (Å²) in [6, 6.07) is 8.19. The van der Waals surface area contributed by atoms with Gasteiger partial charge in [-0.15, -0.1) is 11.6 Å². The minimum atomic E-state index is 0.0634. The Morgan fingerprint density at radius 3 is 2.22 bits per heavy atom. The summed E-state index contributed by atoms with van der Waals surface area (Å²) in [6.45, 7) is 0.295. The third-order valence-electron chi connectivity index (χ3n) is 2.95. The second kappa shape index (κ2) is 9.12. The van der Waals surface area contributed by atoms with Crippen LogP contribution < -0.4 is 0 Å². The van der Waals surface area contributed by atoms with Crippen LogP contribution in [0.2, 0.25) is 0 Å². The lowest BCUT2D eigenvalue weighted by atomic mass is 10.0. The summed E-state index contributed by atoms with van der Waals surface area (Å²) in [5, 5.41) is 8.67. The van der Waals surface area contributed by atoms with Crippen LogP contribution in [0.1, 0.15) is 36.8 Å². The summed E-state index contributed by atoms with van der Waals surface area (Å²) in [5.41, 5.74) is 2.34. The maximum Gasteiger partial charge on any atom is 0.151 e. The number of Topliss-reactive ketones (excluding diaryl/α,β-unsaturated/α-hetero) is 1. The van der Waals surface area contributed by atoms with Crippen molar-refractivity contribution in [2.45, 2.75) is 38.5 Å². The average Bonchev–Trinajstić information content (AvgIpc) is 2.40. The van der Waals surface area contributed by atoms with Crippen LogP contribution in [0.15, 0.2) is 24.3 Å². The van der Waals surface area contributed by atoms with Crippen molar-refractivity contribution in [3.05, 3.63) is 35.4 Å². The van der Waals surface area contributed by atoms with Crippen molar-refractivity contribution in [3.63, 3.8) is 0 Å². The van der Waals surface area contributed by atoms with E-state index >= 15 is 0 Å². The van der Waals surface area contributed by atoms with Gasteiger partial charge in [-0.2, -0.15) is 0 Å². The first kappa shape index (κ1) is 15.2. The molecule has 0 radical (unpaired) electrons. The molecule has 0 saturated heterocycles. The minimum Gasteiger partial charge on any atom is -0.396 e. The molecule has 0 heterocycles. The number of ketones is 1. The molecule has 0 saturated carbocycles. The summed E-state index contributed by atoms with van der Waals surface area (Å²) in [7, 11) is 0. The molecule has 2 nitrogen and oxygen atoms in total. The molecule has 1 aromatic rings. The van der Waals surface area contributed by atoms with Crippen molar-refractivity contribution >= 4 is 17.4 Å². The molecule has 100 valence electrons. The molecular formula is C15H21ClO2. The Hall–Kier alpha value is -0.860. The van der Waals surface area contributed by atoms with E-state index in [0.29, 0.717) is 13.0 Å². The summed E-state index contributed by atoms with van der Waals surface area (Å²) >= 11 is 5.48. The summed E-state index contributed by atoms with van der Waals surface area (Å²) in [5.74, 6) is 0.153. The van der Waals surface area contributed by atoms with Crippen molar-refractivity contribution in [2.75, 3.05) is 12.5 Å². The molecule has 1 rings (SSSR count). The number of unbranched alkanes of at least 4 members (excludes halogenated alkanes) is 3. The van der Waals surface area contributed by atoms with E-state index in [4.69, 9.17) is 16.7 Å². The lowest BCUT2D eigenvalue weighted by Crippen LogP contribution is -2.03. The number of halogens is 1. The number of benzene rings is 1. The van der Waals surface area contributed by atoms with Crippen molar-refractivity contribution in [1.82, 2.24) is 0 Å². The Bertz CT molecular complexity index is 346. The summed E-state index contributed by atoms with van der Waals surface area (Å²) in [6.07, 6.45) is 5.81. The standard InChI is InChI=1S/C15H21ClO2/c16-12-15(18)11-14-8-6-13(7-9-14)5-3-1-2-4-10-17/h6-9,17H,1-5,10-12H2. The fourth-order valence-electron chi connectivity index (χ4n) is 1.89. The number of hydrogen-bond donors (Lipinski definition) is 1. The number of carbonyl (C=O) groups is 1. The van der Waals surface area contributed by atoms with Gasteiger partial charge in [-0.05, 0) is 30.4 Å². The Morgan fingerprint density at radius 2 is 1.61 bits per heavy atom. The Kier molecular flexibility index (Phi) is 7.70. The first-order valence-electron chi connectivity index (χ1n) is 6.52. The maximum absolute atomic E-state index is 11.2. The highest BCUT2D eigenvalue weighted by atomic mass is 35.5. The van der Waals surface area contributed by atoms with E-state index in [1.165, 1.54) is 5.56 Å². The highest BCUT2D eigenvalue weighted by Gasteiger charge is 2.01. The molecule has 1 aromatic carbocycles. The van der Waals surface area contributed by atoms with Gasteiger partial charge in [-0.25, -0.2) is 0 Å². The van der Waals surface area contributed by atoms with E-state index in [9.17, 15) is 4.79 Å². The monoisotopic (exact) mass is 268 g/mol. The SMILES string of the molecule is O=C(CCl)Cc1ccc(CCCCCCO)cc1. The molecule has 0 atom stereocenters. The molecule has 0 unspecified atom stereocenters. The Balaban J connectivity index is 2.29. The zero-order chi connectivity index (χ0) is 13.2. The van der Waals surface area contributed by atoms with Crippen LogP contribution in [0.5, 0.6) is 0 Å². The van der Waals surface area contributed by atoms with Crippen LogP contribution in [-0.2, 0) is 17.6 Å². The first-order valence-corrected chi connectivity index (χ1v) is 7.06. The average molecular weight is 269 g/mol. The number of hydrogen-bond acceptors (Lipinski definition) is 2. The Labute approximate surface area is 114 Å². The van der Waals surface area contributed by atoms with Crippen LogP contribution in [-0.4, -0.2) is 23.4 Å². The topological polar surface area (TPSA) is 37.3 Å². The molecular weight excluding hydrogens is 248 g/mol. The largest absolute Gasteiger partial charge is 0.396 e. The predicted octanol–water partition coefficient (Wildman–Crippen LogP) is 3.13. The second-order valence-electron chi connectivity index (χ2n) is 4.55. The summed E-state index contributed by atoms with van der Waals surface area (Å²) < 4.78 is 0. The number of aliphatic hydroxyl groups is 1. The number of carbonyl (C=O) groups excluding carboxylic acids is 1. The van der Waals surface area contributed by atoms with E-state index < -0.39 is 0 Å². The van der Waals surface area contributed by atoms with Gasteiger partial charge in [-0.1, -0.05) is 37.1 Å². The second-order valence-corrected chi connectivity index (χ2v) is 4.82. The molecule has 0 amide bonds. The summed E-state index contributed by atoms with van der Waals surface area (Å²) in [4.78, 5) is 11.2. The van der Waals surface area contributed by atoms with Crippen molar-refractivity contribution < 1.29 is 9.90 Å². The van der Waals surface area contributed by atoms with Crippen LogP contribution >= 0.6 is 11.6 Å². The third kappa shape index (κ3) is 6.18. The quantitative estimate of drug-likeness (QED) is 0.552. The molecule has 0 aliphatic carbocycles. The molecule has 0 bridgehead atoms. The molecule has 3 heteroatoms. The highest BCUT2D eigenvalue weighted by Crippen LogP contribution is 2.10. The van der Waals surface area contributed by atoms with Gasteiger partial charge >= 0.3 is 0 Å². The zero-order valence-electron chi connectivity index (χ0n) is 10.7. The minimum absolute atomic E-state index is 0.0634. The van der Waals surface area contributed by atoms with Crippen LogP contribution in [0.3, 0.4) is 0 Å². The van der Waals surface area contributed by atoms with Gasteiger partial charge in [0.2, 0.25) is 0 Å². The zero-order valence-corrected chi connectivity index (χ0v) is 11.5. The van der Waals surface area contributed by atoms with Gasteiger partial charge in [0.15, 0.2) is 5.78 Å². The number of alkyl halides is 1. The van der Waals surface area contributed by atoms with Crippen LogP contribution in [0, 0.1) is 0 Å². The van der Waals surface area contributed by atoms with E-state index in [0.717, 1.165) is 37.7 Å². The van der Waals surface area contributed by atoms with Crippen molar-refractivity contribution in [2.24, 2.45) is 0 Å². The maximum atomic E-state index is 11.2. The molecule has 0 fully saturated rings. The number of aryl methyl sites for hydroxylation is 1. The molecule has 1 N–H and O–H groups in total. The third-order valence-corrected chi connectivity index (χ3v) is 3.24.